The van der Waals surface area contributed by atoms with Crippen molar-refractivity contribution in [2.45, 2.75) is 32.9 Å². The predicted molar refractivity (Wildman–Crippen MR) is 122 cm³/mol. The first kappa shape index (κ1) is 21.5. The van der Waals surface area contributed by atoms with Gasteiger partial charge < -0.3 is 9.47 Å². The summed E-state index contributed by atoms with van der Waals surface area (Å²) in [7, 11) is 1.63. The molecule has 32 heavy (non-hydrogen) atoms. The molecule has 1 aliphatic rings. The Morgan fingerprint density at radius 2 is 1.91 bits per heavy atom. The topological polar surface area (TPSA) is 102 Å². The van der Waals surface area contributed by atoms with E-state index in [-0.39, 0.29) is 28.9 Å². The van der Waals surface area contributed by atoms with Gasteiger partial charge >= 0.3 is 0 Å². The fourth-order valence-corrected chi connectivity index (χ4v) is 4.58. The lowest BCUT2D eigenvalue weighted by atomic mass is 10.0. The second-order valence-electron chi connectivity index (χ2n) is 8.29. The summed E-state index contributed by atoms with van der Waals surface area (Å²) in [6.45, 7) is 8.30. The van der Waals surface area contributed by atoms with Gasteiger partial charge in [-0.25, -0.2) is 4.98 Å². The van der Waals surface area contributed by atoms with Crippen LogP contribution in [-0.2, 0) is 7.05 Å². The summed E-state index contributed by atoms with van der Waals surface area (Å²) in [4.78, 5) is 26.5. The number of fused-ring (bicyclic) bond motifs is 1. The molecule has 8 heteroatoms. The monoisotopic (exact) mass is 427 g/mol. The Labute approximate surface area is 187 Å². The minimum atomic E-state index is -0.353. The van der Waals surface area contributed by atoms with E-state index in [2.05, 4.69) is 45.8 Å². The summed E-state index contributed by atoms with van der Waals surface area (Å²) < 4.78 is 1.43. The van der Waals surface area contributed by atoms with Crippen molar-refractivity contribution < 1.29 is 0 Å². The van der Waals surface area contributed by atoms with E-state index in [0.717, 1.165) is 17.9 Å². The van der Waals surface area contributed by atoms with E-state index in [1.165, 1.54) is 4.57 Å². The molecule has 1 saturated heterocycles. The summed E-state index contributed by atoms with van der Waals surface area (Å²) >= 11 is 0. The molecule has 0 aromatic carbocycles. The van der Waals surface area contributed by atoms with E-state index in [1.807, 2.05) is 25.1 Å². The van der Waals surface area contributed by atoms with Gasteiger partial charge in [0, 0.05) is 44.5 Å². The second-order valence-corrected chi connectivity index (χ2v) is 8.29. The zero-order valence-electron chi connectivity index (χ0n) is 18.7. The SMILES string of the molecule is Cc1cccc(C(C)N2CCN(c3c(C#N)c(=O)n(C)c4ccc(C#N)nc34)C[C@H]2C)n1. The molecule has 162 valence electrons. The molecule has 0 N–H and O–H groups in total. The Hall–Kier alpha value is -3.75. The standard InChI is InChI=1S/C24H25N7O/c1-15-6-5-7-20(27-15)17(3)31-11-10-30(14-16(31)2)23-19(13-26)24(32)29(4)21-9-8-18(12-25)28-22(21)23/h5-9,16-17H,10-11,14H2,1-4H3/t16-,17?/m1/s1. The van der Waals surface area contributed by atoms with Crippen molar-refractivity contribution in [2.24, 2.45) is 7.05 Å². The number of hydrogen-bond donors (Lipinski definition) is 0. The van der Waals surface area contributed by atoms with E-state index in [0.29, 0.717) is 29.8 Å². The Bertz CT molecular complexity index is 1330. The van der Waals surface area contributed by atoms with E-state index >= 15 is 0 Å². The lowest BCUT2D eigenvalue weighted by molar-refractivity contribution is 0.136. The third kappa shape index (κ3) is 3.59. The van der Waals surface area contributed by atoms with Gasteiger partial charge in [0.05, 0.1) is 16.9 Å². The highest BCUT2D eigenvalue weighted by Gasteiger charge is 2.31. The number of aromatic nitrogens is 3. The number of nitriles is 2. The molecule has 0 spiro atoms. The molecule has 1 fully saturated rings. The number of hydrogen-bond acceptors (Lipinski definition) is 7. The average Bonchev–Trinajstić information content (AvgIpc) is 2.80. The first-order chi connectivity index (χ1) is 15.3. The maximum atomic E-state index is 12.9. The van der Waals surface area contributed by atoms with Gasteiger partial charge in [0.2, 0.25) is 0 Å². The van der Waals surface area contributed by atoms with Crippen LogP contribution in [0.3, 0.4) is 0 Å². The van der Waals surface area contributed by atoms with Crippen molar-refractivity contribution in [3.63, 3.8) is 0 Å². The molecule has 2 atom stereocenters. The molecular formula is C24H25N7O. The highest BCUT2D eigenvalue weighted by atomic mass is 16.1. The molecule has 3 aromatic rings. The predicted octanol–water partition coefficient (Wildman–Crippen LogP) is 2.65. The number of aryl methyl sites for hydroxylation is 2. The Morgan fingerprint density at radius 1 is 1.12 bits per heavy atom. The van der Waals surface area contributed by atoms with Crippen LogP contribution in [0.5, 0.6) is 0 Å². The van der Waals surface area contributed by atoms with Gasteiger partial charge in [0.25, 0.3) is 5.56 Å². The Morgan fingerprint density at radius 3 is 2.56 bits per heavy atom. The highest BCUT2D eigenvalue weighted by molar-refractivity contribution is 5.92. The first-order valence-corrected chi connectivity index (χ1v) is 10.6. The van der Waals surface area contributed by atoms with Crippen LogP contribution in [-0.4, -0.2) is 45.1 Å². The highest BCUT2D eigenvalue weighted by Crippen LogP contribution is 2.31. The van der Waals surface area contributed by atoms with Crippen molar-refractivity contribution in [2.75, 3.05) is 24.5 Å². The smallest absolute Gasteiger partial charge is 0.270 e. The van der Waals surface area contributed by atoms with E-state index in [4.69, 9.17) is 0 Å². The molecule has 0 amide bonds. The molecular weight excluding hydrogens is 402 g/mol. The van der Waals surface area contributed by atoms with Crippen LogP contribution in [0.2, 0.25) is 0 Å². The van der Waals surface area contributed by atoms with Gasteiger partial charge in [-0.3, -0.25) is 14.7 Å². The third-order valence-corrected chi connectivity index (χ3v) is 6.27. The fourth-order valence-electron chi connectivity index (χ4n) is 4.58. The molecule has 8 nitrogen and oxygen atoms in total. The average molecular weight is 428 g/mol. The maximum absolute atomic E-state index is 12.9. The fraction of sp³-hybridized carbons (Fsp3) is 0.375. The van der Waals surface area contributed by atoms with Gasteiger partial charge in [-0.15, -0.1) is 0 Å². The van der Waals surface area contributed by atoms with Crippen LogP contribution >= 0.6 is 0 Å². The molecule has 4 rings (SSSR count). The van der Waals surface area contributed by atoms with Crippen LogP contribution in [0.25, 0.3) is 11.0 Å². The molecule has 1 aliphatic heterocycles. The Kier molecular flexibility index (Phi) is 5.65. The van der Waals surface area contributed by atoms with E-state index in [9.17, 15) is 15.3 Å². The zero-order valence-corrected chi connectivity index (χ0v) is 18.7. The molecule has 4 heterocycles. The van der Waals surface area contributed by atoms with Crippen LogP contribution in [0.15, 0.2) is 35.1 Å². The summed E-state index contributed by atoms with van der Waals surface area (Å²) in [5, 5.41) is 19.2. The molecule has 3 aromatic heterocycles. The molecule has 0 aliphatic carbocycles. The lowest BCUT2D eigenvalue weighted by Gasteiger charge is -2.44. The maximum Gasteiger partial charge on any atom is 0.270 e. The number of piperazine rings is 1. The lowest BCUT2D eigenvalue weighted by Crippen LogP contribution is -2.53. The first-order valence-electron chi connectivity index (χ1n) is 10.6. The normalized spacial score (nSPS) is 17.7. The molecule has 0 bridgehead atoms. The van der Waals surface area contributed by atoms with Crippen molar-refractivity contribution in [3.05, 3.63) is 63.3 Å². The minimum absolute atomic E-state index is 0.0663. The minimum Gasteiger partial charge on any atom is -0.366 e. The Balaban J connectivity index is 1.74. The van der Waals surface area contributed by atoms with E-state index < -0.39 is 0 Å². The van der Waals surface area contributed by atoms with Gasteiger partial charge in [-0.1, -0.05) is 6.07 Å². The van der Waals surface area contributed by atoms with E-state index in [1.54, 1.807) is 19.2 Å². The van der Waals surface area contributed by atoms with Gasteiger partial charge in [0.15, 0.2) is 0 Å². The quantitative estimate of drug-likeness (QED) is 0.633. The number of nitrogens with zero attached hydrogens (tertiary/aromatic N) is 7. The van der Waals surface area contributed by atoms with Gasteiger partial charge in [-0.05, 0) is 45.0 Å². The molecule has 0 saturated carbocycles. The third-order valence-electron chi connectivity index (χ3n) is 6.27. The van der Waals surface area contributed by atoms with Crippen molar-refractivity contribution >= 4 is 16.7 Å². The number of anilines is 1. The number of pyridine rings is 3. The van der Waals surface area contributed by atoms with Crippen molar-refractivity contribution in [1.29, 1.82) is 10.5 Å². The summed E-state index contributed by atoms with van der Waals surface area (Å²) in [6, 6.07) is 13.8. The van der Waals surface area contributed by atoms with Gasteiger partial charge in [0.1, 0.15) is 28.9 Å². The van der Waals surface area contributed by atoms with Crippen LogP contribution < -0.4 is 10.5 Å². The summed E-state index contributed by atoms with van der Waals surface area (Å²) in [5.41, 5.74) is 3.63. The van der Waals surface area contributed by atoms with Crippen molar-refractivity contribution in [1.82, 2.24) is 19.4 Å². The summed E-state index contributed by atoms with van der Waals surface area (Å²) in [5.74, 6) is 0. The van der Waals surface area contributed by atoms with Crippen molar-refractivity contribution in [3.8, 4) is 12.1 Å². The van der Waals surface area contributed by atoms with Crippen LogP contribution in [0.1, 0.15) is 42.5 Å². The van der Waals surface area contributed by atoms with Crippen LogP contribution in [0, 0.1) is 29.6 Å². The van der Waals surface area contributed by atoms with Gasteiger partial charge in [-0.2, -0.15) is 10.5 Å². The second kappa shape index (κ2) is 8.41. The zero-order chi connectivity index (χ0) is 23.0. The number of rotatable bonds is 3. The molecule has 0 radical (unpaired) electrons. The molecule has 1 unspecified atom stereocenters. The summed E-state index contributed by atoms with van der Waals surface area (Å²) in [6.07, 6.45) is 0. The largest absolute Gasteiger partial charge is 0.366 e. The van der Waals surface area contributed by atoms with Crippen LogP contribution in [0.4, 0.5) is 5.69 Å².